The normalized spacial score (nSPS) is 12.8. The van der Waals surface area contributed by atoms with Crippen molar-refractivity contribution in [1.82, 2.24) is 0 Å². The fraction of sp³-hybridized carbons (Fsp3) is 0.550. The van der Waals surface area contributed by atoms with Crippen molar-refractivity contribution in [2.75, 3.05) is 13.2 Å². The molecule has 0 radical (unpaired) electrons. The lowest BCUT2D eigenvalue weighted by Crippen LogP contribution is -2.43. The summed E-state index contributed by atoms with van der Waals surface area (Å²) in [6.07, 6.45) is 2.28. The molecule has 272 valence electrons. The van der Waals surface area contributed by atoms with Crippen LogP contribution in [0.15, 0.2) is 72.8 Å². The second-order valence-electron chi connectivity index (χ2n) is 14.6. The Bertz CT molecular complexity index is 1270. The first-order valence-electron chi connectivity index (χ1n) is 18.0. The molecule has 7 nitrogen and oxygen atoms in total. The Morgan fingerprint density at radius 3 is 1.08 bits per heavy atom. The molecule has 1 N–H and O–H groups in total. The molecule has 0 aromatic heterocycles. The lowest BCUT2D eigenvalue weighted by Gasteiger charge is -2.32. The molecular formula is C40H62O7Si2. The van der Waals surface area contributed by atoms with Crippen LogP contribution in [0.5, 0.6) is 17.2 Å². The zero-order chi connectivity index (χ0) is 36.2. The summed E-state index contributed by atoms with van der Waals surface area (Å²) in [5, 5.41) is 10.1. The summed E-state index contributed by atoms with van der Waals surface area (Å²) >= 11 is 0. The predicted molar refractivity (Wildman–Crippen MR) is 205 cm³/mol. The Labute approximate surface area is 298 Å². The highest BCUT2D eigenvalue weighted by atomic mass is 28.4. The first-order chi connectivity index (χ1) is 23.0. The Morgan fingerprint density at radius 1 is 0.510 bits per heavy atom. The van der Waals surface area contributed by atoms with Crippen LogP contribution in [0.2, 0.25) is 25.2 Å². The van der Waals surface area contributed by atoms with Gasteiger partial charge in [-0.15, -0.1) is 0 Å². The zero-order valence-corrected chi connectivity index (χ0v) is 33.9. The number of hydrogen-bond acceptors (Lipinski definition) is 7. The van der Waals surface area contributed by atoms with Crippen molar-refractivity contribution in [3.8, 4) is 17.2 Å². The standard InChI is InChI=1S/C40H62O7Si2/c1-30(2)44-48(10,45-31(3)4)28-12-26-42-38-22-16-35(17-23-38)40(9,34-14-20-37(41)21-15-34)36-18-24-39(25-19-36)43-27-13-29-49(11,46-32(5)6)47-33(7)8/h14-25,30-33,41H,12-13,26-29H2,1-11H3. The smallest absolute Gasteiger partial charge is 0.335 e. The van der Waals surface area contributed by atoms with Crippen LogP contribution in [0.3, 0.4) is 0 Å². The number of aromatic hydroxyl groups is 1. The van der Waals surface area contributed by atoms with Gasteiger partial charge in [-0.3, -0.25) is 0 Å². The van der Waals surface area contributed by atoms with Crippen LogP contribution in [0.4, 0.5) is 0 Å². The van der Waals surface area contributed by atoms with Crippen molar-refractivity contribution in [3.63, 3.8) is 0 Å². The monoisotopic (exact) mass is 710 g/mol. The maximum Gasteiger partial charge on any atom is 0.335 e. The predicted octanol–water partition coefficient (Wildman–Crippen LogP) is 10.1. The van der Waals surface area contributed by atoms with E-state index in [0.29, 0.717) is 13.2 Å². The van der Waals surface area contributed by atoms with Gasteiger partial charge in [0.15, 0.2) is 0 Å². The maximum absolute atomic E-state index is 10.1. The topological polar surface area (TPSA) is 75.6 Å². The van der Waals surface area contributed by atoms with Crippen molar-refractivity contribution < 1.29 is 32.3 Å². The van der Waals surface area contributed by atoms with Crippen molar-refractivity contribution in [2.45, 2.75) is 130 Å². The molecule has 0 saturated carbocycles. The molecule has 0 amide bonds. The molecule has 0 bridgehead atoms. The van der Waals surface area contributed by atoms with E-state index >= 15 is 0 Å². The molecule has 0 saturated heterocycles. The first kappa shape index (κ1) is 40.8. The van der Waals surface area contributed by atoms with Gasteiger partial charge in [0.05, 0.1) is 13.2 Å². The van der Waals surface area contributed by atoms with Gasteiger partial charge in [0.1, 0.15) is 17.2 Å². The van der Waals surface area contributed by atoms with Crippen molar-refractivity contribution in [3.05, 3.63) is 89.5 Å². The molecule has 3 aromatic rings. The SMILES string of the molecule is CC(C)O[Si](C)(CCCOc1ccc(C(C)(c2ccc(O)cc2)c2ccc(OCCC[Si](C)(OC(C)C)OC(C)C)cc2)cc1)OC(C)C. The minimum atomic E-state index is -2.27. The van der Waals surface area contributed by atoms with Gasteiger partial charge in [-0.25, -0.2) is 0 Å². The average Bonchev–Trinajstić information content (AvgIpc) is 3.00. The largest absolute Gasteiger partial charge is 0.508 e. The lowest BCUT2D eigenvalue weighted by atomic mass is 9.71. The number of rotatable bonds is 21. The molecule has 3 rings (SSSR count). The number of benzene rings is 3. The Morgan fingerprint density at radius 2 is 0.796 bits per heavy atom. The molecule has 0 fully saturated rings. The van der Waals surface area contributed by atoms with Crippen molar-refractivity contribution >= 4 is 17.1 Å². The van der Waals surface area contributed by atoms with Gasteiger partial charge >= 0.3 is 17.1 Å². The zero-order valence-electron chi connectivity index (χ0n) is 31.9. The summed E-state index contributed by atoms with van der Waals surface area (Å²) in [5.41, 5.74) is 2.84. The van der Waals surface area contributed by atoms with E-state index in [4.69, 9.17) is 27.2 Å². The lowest BCUT2D eigenvalue weighted by molar-refractivity contribution is 0.107. The second-order valence-corrected chi connectivity index (χ2v) is 21.0. The highest BCUT2D eigenvalue weighted by molar-refractivity contribution is 6.66. The van der Waals surface area contributed by atoms with E-state index in [9.17, 15) is 5.11 Å². The Hall–Kier alpha value is -2.67. The van der Waals surface area contributed by atoms with E-state index < -0.39 is 22.5 Å². The second kappa shape index (κ2) is 18.5. The van der Waals surface area contributed by atoms with Crippen LogP contribution >= 0.6 is 0 Å². The fourth-order valence-electron chi connectivity index (χ4n) is 6.52. The van der Waals surface area contributed by atoms with Crippen LogP contribution in [-0.2, 0) is 23.1 Å². The third kappa shape index (κ3) is 12.9. The quantitative estimate of drug-likeness (QED) is 0.0670. The van der Waals surface area contributed by atoms with Gasteiger partial charge in [-0.1, -0.05) is 36.4 Å². The highest BCUT2D eigenvalue weighted by Crippen LogP contribution is 2.40. The molecule has 9 heteroatoms. The van der Waals surface area contributed by atoms with E-state index in [2.05, 4.69) is 99.7 Å². The van der Waals surface area contributed by atoms with Crippen LogP contribution in [0, 0.1) is 0 Å². The van der Waals surface area contributed by atoms with Crippen LogP contribution < -0.4 is 9.47 Å². The molecule has 0 aliphatic carbocycles. The van der Waals surface area contributed by atoms with E-state index in [1.165, 1.54) is 0 Å². The summed E-state index contributed by atoms with van der Waals surface area (Å²) in [7, 11) is -4.55. The summed E-state index contributed by atoms with van der Waals surface area (Å²) in [6, 6.07) is 25.9. The number of ether oxygens (including phenoxy) is 2. The van der Waals surface area contributed by atoms with E-state index in [0.717, 1.165) is 53.1 Å². The highest BCUT2D eigenvalue weighted by Gasteiger charge is 2.35. The van der Waals surface area contributed by atoms with Crippen LogP contribution in [-0.4, -0.2) is 59.9 Å². The first-order valence-corrected chi connectivity index (χ1v) is 23.1. The van der Waals surface area contributed by atoms with E-state index in [-0.39, 0.29) is 30.2 Å². The molecule has 0 atom stereocenters. The Kier molecular flexibility index (Phi) is 15.4. The van der Waals surface area contributed by atoms with Crippen molar-refractivity contribution in [2.24, 2.45) is 0 Å². The maximum atomic E-state index is 10.1. The van der Waals surface area contributed by atoms with Gasteiger partial charge in [0, 0.05) is 29.8 Å². The average molecular weight is 711 g/mol. The molecule has 0 aliphatic rings. The molecule has 0 aliphatic heterocycles. The molecule has 0 spiro atoms. The number of phenolic OH excluding ortho intramolecular Hbond substituents is 1. The minimum Gasteiger partial charge on any atom is -0.508 e. The minimum absolute atomic E-state index is 0.138. The number of hydrogen-bond donors (Lipinski definition) is 1. The molecule has 0 heterocycles. The van der Waals surface area contributed by atoms with E-state index in [1.54, 1.807) is 12.1 Å². The third-order valence-corrected chi connectivity index (χ3v) is 14.7. The van der Waals surface area contributed by atoms with Crippen LogP contribution in [0.25, 0.3) is 0 Å². The van der Waals surface area contributed by atoms with Gasteiger partial charge in [-0.2, -0.15) is 0 Å². The number of phenols is 1. The van der Waals surface area contributed by atoms with Gasteiger partial charge < -0.3 is 32.3 Å². The molecule has 3 aromatic carbocycles. The third-order valence-electron chi connectivity index (χ3n) is 8.34. The van der Waals surface area contributed by atoms with Gasteiger partial charge in [-0.05, 0) is 153 Å². The summed E-state index contributed by atoms with van der Waals surface area (Å²) in [4.78, 5) is 0. The van der Waals surface area contributed by atoms with Crippen LogP contribution in [0.1, 0.15) is 91.8 Å². The van der Waals surface area contributed by atoms with Crippen molar-refractivity contribution in [1.29, 1.82) is 0 Å². The fourth-order valence-corrected chi connectivity index (χ4v) is 12.7. The van der Waals surface area contributed by atoms with Gasteiger partial charge in [0.2, 0.25) is 0 Å². The van der Waals surface area contributed by atoms with Gasteiger partial charge in [0.25, 0.3) is 0 Å². The summed E-state index contributed by atoms with van der Waals surface area (Å²) in [5.74, 6) is 1.90. The Balaban J connectivity index is 1.70. The molecular weight excluding hydrogens is 649 g/mol. The van der Waals surface area contributed by atoms with E-state index in [1.807, 2.05) is 36.4 Å². The summed E-state index contributed by atoms with van der Waals surface area (Å²) in [6.45, 7) is 24.2. The summed E-state index contributed by atoms with van der Waals surface area (Å²) < 4.78 is 37.3. The molecule has 0 unspecified atom stereocenters. The molecule has 49 heavy (non-hydrogen) atoms.